The fraction of sp³-hybridized carbons (Fsp3) is 0.500. The number of nitrogens with zero attached hydrogens (tertiary/aromatic N) is 3. The molecule has 0 aromatic heterocycles. The van der Waals surface area contributed by atoms with Crippen LogP contribution < -0.4 is 4.90 Å². The van der Waals surface area contributed by atoms with Crippen molar-refractivity contribution < 1.29 is 0 Å². The van der Waals surface area contributed by atoms with Gasteiger partial charge in [0.05, 0.1) is 11.3 Å². The molecule has 2 fully saturated rings. The van der Waals surface area contributed by atoms with E-state index in [4.69, 9.17) is 0 Å². The van der Waals surface area contributed by atoms with Crippen molar-refractivity contribution in [3.05, 3.63) is 28.2 Å². The van der Waals surface area contributed by atoms with E-state index >= 15 is 0 Å². The van der Waals surface area contributed by atoms with Crippen LogP contribution in [-0.2, 0) is 0 Å². The molecular weight excluding hydrogens is 290 g/mol. The molecule has 94 valence electrons. The molecule has 1 aromatic carbocycles. The van der Waals surface area contributed by atoms with Crippen molar-refractivity contribution in [3.63, 3.8) is 0 Å². The topological polar surface area (TPSA) is 30.3 Å². The molecule has 1 saturated carbocycles. The van der Waals surface area contributed by atoms with Gasteiger partial charge in [0.25, 0.3) is 0 Å². The Kier molecular flexibility index (Phi) is 3.27. The van der Waals surface area contributed by atoms with Crippen LogP contribution in [0.25, 0.3) is 0 Å². The number of benzene rings is 1. The maximum Gasteiger partial charge on any atom is 0.101 e. The lowest BCUT2D eigenvalue weighted by Gasteiger charge is -2.36. The zero-order valence-electron chi connectivity index (χ0n) is 10.3. The molecular formula is C14H16BrN3. The minimum absolute atomic E-state index is 0.768. The summed E-state index contributed by atoms with van der Waals surface area (Å²) in [5.41, 5.74) is 1.85. The normalized spacial score (nSPS) is 20.8. The molecule has 3 rings (SSSR count). The molecule has 0 spiro atoms. The molecule has 4 heteroatoms. The van der Waals surface area contributed by atoms with Crippen LogP contribution in [0.2, 0.25) is 0 Å². The standard InChI is InChI=1S/C14H16BrN3/c15-12-1-4-14(11(9-12)10-16)18-7-5-17(6-8-18)13-2-3-13/h1,4,9,13H,2-3,5-8H2. The Labute approximate surface area is 116 Å². The Morgan fingerprint density at radius 1 is 1.17 bits per heavy atom. The second-order valence-electron chi connectivity index (χ2n) is 5.03. The van der Waals surface area contributed by atoms with E-state index in [9.17, 15) is 5.26 Å². The van der Waals surface area contributed by atoms with E-state index < -0.39 is 0 Å². The van der Waals surface area contributed by atoms with Crippen LogP contribution in [0.4, 0.5) is 5.69 Å². The number of anilines is 1. The third kappa shape index (κ3) is 2.38. The molecule has 3 nitrogen and oxygen atoms in total. The number of hydrogen-bond donors (Lipinski definition) is 0. The SMILES string of the molecule is N#Cc1cc(Br)ccc1N1CCN(C2CC2)CC1. The molecule has 1 saturated heterocycles. The van der Waals surface area contributed by atoms with Crippen molar-refractivity contribution in [1.29, 1.82) is 5.26 Å². The minimum atomic E-state index is 0.768. The van der Waals surface area contributed by atoms with Crippen molar-refractivity contribution >= 4 is 21.6 Å². The van der Waals surface area contributed by atoms with E-state index in [-0.39, 0.29) is 0 Å². The predicted molar refractivity (Wildman–Crippen MR) is 75.7 cm³/mol. The lowest BCUT2D eigenvalue weighted by Crippen LogP contribution is -2.47. The van der Waals surface area contributed by atoms with E-state index in [0.717, 1.165) is 47.9 Å². The lowest BCUT2D eigenvalue weighted by atomic mass is 10.1. The van der Waals surface area contributed by atoms with Crippen LogP contribution in [0.3, 0.4) is 0 Å². The average Bonchev–Trinajstić information content (AvgIpc) is 3.23. The number of halogens is 1. The van der Waals surface area contributed by atoms with Gasteiger partial charge in [0.2, 0.25) is 0 Å². The quantitative estimate of drug-likeness (QED) is 0.841. The molecule has 1 heterocycles. The predicted octanol–water partition coefficient (Wildman–Crippen LogP) is 2.61. The first-order chi connectivity index (χ1) is 8.78. The summed E-state index contributed by atoms with van der Waals surface area (Å²) in [5, 5.41) is 9.22. The molecule has 0 N–H and O–H groups in total. The van der Waals surface area contributed by atoms with Crippen LogP contribution in [0, 0.1) is 11.3 Å². The van der Waals surface area contributed by atoms with E-state index in [2.05, 4.69) is 37.9 Å². The van der Waals surface area contributed by atoms with Gasteiger partial charge in [-0.15, -0.1) is 0 Å². The number of hydrogen-bond acceptors (Lipinski definition) is 3. The second-order valence-corrected chi connectivity index (χ2v) is 5.94. The van der Waals surface area contributed by atoms with Crippen LogP contribution in [0.1, 0.15) is 18.4 Å². The van der Waals surface area contributed by atoms with E-state index in [0.29, 0.717) is 0 Å². The van der Waals surface area contributed by atoms with Gasteiger partial charge in [0.15, 0.2) is 0 Å². The highest BCUT2D eigenvalue weighted by atomic mass is 79.9. The smallest absolute Gasteiger partial charge is 0.101 e. The Morgan fingerprint density at radius 2 is 1.89 bits per heavy atom. The van der Waals surface area contributed by atoms with Gasteiger partial charge in [0, 0.05) is 36.7 Å². The van der Waals surface area contributed by atoms with Gasteiger partial charge >= 0.3 is 0 Å². The maximum atomic E-state index is 9.22. The molecule has 0 bridgehead atoms. The molecule has 0 unspecified atom stereocenters. The first-order valence-corrected chi connectivity index (χ1v) is 7.26. The van der Waals surface area contributed by atoms with Crippen LogP contribution >= 0.6 is 15.9 Å². The molecule has 1 aliphatic heterocycles. The van der Waals surface area contributed by atoms with Crippen molar-refractivity contribution in [2.24, 2.45) is 0 Å². The molecule has 1 aromatic rings. The first kappa shape index (κ1) is 12.0. The molecule has 0 amide bonds. The average molecular weight is 306 g/mol. The summed E-state index contributed by atoms with van der Waals surface area (Å²) in [6, 6.07) is 9.12. The summed E-state index contributed by atoms with van der Waals surface area (Å²) in [6.07, 6.45) is 2.75. The molecule has 18 heavy (non-hydrogen) atoms. The summed E-state index contributed by atoms with van der Waals surface area (Å²) >= 11 is 3.42. The third-order valence-corrected chi connectivity index (χ3v) is 4.29. The summed E-state index contributed by atoms with van der Waals surface area (Å²) in [5.74, 6) is 0. The van der Waals surface area contributed by atoms with Gasteiger partial charge in [-0.1, -0.05) is 15.9 Å². The molecule has 0 atom stereocenters. The molecule has 0 radical (unpaired) electrons. The zero-order chi connectivity index (χ0) is 12.5. The van der Waals surface area contributed by atoms with Gasteiger partial charge in [-0.25, -0.2) is 0 Å². The zero-order valence-corrected chi connectivity index (χ0v) is 11.9. The Balaban J connectivity index is 1.74. The Hall–Kier alpha value is -1.05. The third-order valence-electron chi connectivity index (χ3n) is 3.80. The van der Waals surface area contributed by atoms with E-state index in [1.807, 2.05) is 12.1 Å². The minimum Gasteiger partial charge on any atom is -0.368 e. The fourth-order valence-corrected chi connectivity index (χ4v) is 3.00. The van der Waals surface area contributed by atoms with Gasteiger partial charge in [-0.3, -0.25) is 4.90 Å². The van der Waals surface area contributed by atoms with Crippen molar-refractivity contribution in [1.82, 2.24) is 4.90 Å². The van der Waals surface area contributed by atoms with Gasteiger partial charge in [-0.2, -0.15) is 5.26 Å². The Morgan fingerprint density at radius 3 is 2.50 bits per heavy atom. The Bertz CT molecular complexity index is 482. The highest BCUT2D eigenvalue weighted by Gasteiger charge is 2.31. The van der Waals surface area contributed by atoms with Crippen LogP contribution in [-0.4, -0.2) is 37.1 Å². The number of nitriles is 1. The lowest BCUT2D eigenvalue weighted by molar-refractivity contribution is 0.248. The van der Waals surface area contributed by atoms with Crippen LogP contribution in [0.5, 0.6) is 0 Å². The highest BCUT2D eigenvalue weighted by Crippen LogP contribution is 2.30. The first-order valence-electron chi connectivity index (χ1n) is 6.46. The molecule has 1 aliphatic carbocycles. The van der Waals surface area contributed by atoms with E-state index in [1.165, 1.54) is 12.8 Å². The number of piperazine rings is 1. The van der Waals surface area contributed by atoms with Gasteiger partial charge < -0.3 is 4.90 Å². The van der Waals surface area contributed by atoms with Crippen molar-refractivity contribution in [3.8, 4) is 6.07 Å². The second kappa shape index (κ2) is 4.91. The summed E-state index contributed by atoms with van der Waals surface area (Å²) < 4.78 is 0.972. The summed E-state index contributed by atoms with van der Waals surface area (Å²) in [7, 11) is 0. The monoisotopic (exact) mass is 305 g/mol. The maximum absolute atomic E-state index is 9.22. The van der Waals surface area contributed by atoms with E-state index in [1.54, 1.807) is 0 Å². The number of rotatable bonds is 2. The highest BCUT2D eigenvalue weighted by molar-refractivity contribution is 9.10. The molecule has 2 aliphatic rings. The van der Waals surface area contributed by atoms with Crippen LogP contribution in [0.15, 0.2) is 22.7 Å². The van der Waals surface area contributed by atoms with Gasteiger partial charge in [0.1, 0.15) is 6.07 Å². The van der Waals surface area contributed by atoms with Crippen molar-refractivity contribution in [2.75, 3.05) is 31.1 Å². The summed E-state index contributed by atoms with van der Waals surface area (Å²) in [6.45, 7) is 4.33. The van der Waals surface area contributed by atoms with Crippen molar-refractivity contribution in [2.45, 2.75) is 18.9 Å². The fourth-order valence-electron chi connectivity index (χ4n) is 2.64. The summed E-state index contributed by atoms with van der Waals surface area (Å²) in [4.78, 5) is 4.92. The largest absolute Gasteiger partial charge is 0.368 e. The van der Waals surface area contributed by atoms with Gasteiger partial charge in [-0.05, 0) is 31.0 Å².